The lowest BCUT2D eigenvalue weighted by atomic mass is 10.2. The molecular weight excluding hydrogens is 254 g/mol. The van der Waals surface area contributed by atoms with Crippen LogP contribution in [0.15, 0.2) is 51.8 Å². The highest BCUT2D eigenvalue weighted by Crippen LogP contribution is 2.13. The van der Waals surface area contributed by atoms with E-state index in [-0.39, 0.29) is 5.76 Å². The van der Waals surface area contributed by atoms with Gasteiger partial charge in [0.25, 0.3) is 0 Å². The number of oxazole rings is 1. The number of benzene rings is 1. The monoisotopic (exact) mass is 269 g/mol. The van der Waals surface area contributed by atoms with E-state index >= 15 is 0 Å². The average molecular weight is 269 g/mol. The maximum Gasteiger partial charge on any atom is 0.421 e. The van der Waals surface area contributed by atoms with Gasteiger partial charge in [0.1, 0.15) is 0 Å². The topological polar surface area (TPSA) is 60.1 Å². The van der Waals surface area contributed by atoms with Crippen molar-refractivity contribution in [2.45, 2.75) is 13.5 Å². The lowest BCUT2D eigenvalue weighted by Gasteiger charge is -2.09. The molecule has 0 bridgehead atoms. The van der Waals surface area contributed by atoms with E-state index in [2.05, 4.69) is 10.3 Å². The van der Waals surface area contributed by atoms with Gasteiger partial charge in [-0.2, -0.15) is 0 Å². The molecule has 3 aromatic rings. The minimum Gasteiger partial charge on any atom is -0.406 e. The fourth-order valence-corrected chi connectivity index (χ4v) is 2.17. The number of aryl methyl sites for hydroxylation is 1. The Bertz CT molecular complexity index is 789. The first-order valence-electron chi connectivity index (χ1n) is 6.49. The van der Waals surface area contributed by atoms with Crippen molar-refractivity contribution in [1.29, 1.82) is 0 Å². The second kappa shape index (κ2) is 5.21. The number of para-hydroxylation sites is 1. The lowest BCUT2D eigenvalue weighted by Crippen LogP contribution is -2.20. The van der Waals surface area contributed by atoms with Gasteiger partial charge in [-0.3, -0.25) is 4.57 Å². The molecule has 0 radical (unpaired) electrons. The molecule has 1 aromatic carbocycles. The molecule has 0 fully saturated rings. The minimum atomic E-state index is -0.370. The molecular formula is C15H15N3O2. The van der Waals surface area contributed by atoms with Crippen molar-refractivity contribution in [3.05, 3.63) is 58.7 Å². The van der Waals surface area contributed by atoms with Crippen molar-refractivity contribution < 1.29 is 4.42 Å². The number of nitrogens with zero attached hydrogens (tertiary/aromatic N) is 2. The van der Waals surface area contributed by atoms with Crippen molar-refractivity contribution in [3.8, 4) is 0 Å². The van der Waals surface area contributed by atoms with Gasteiger partial charge in [0, 0.05) is 25.0 Å². The second-order valence-corrected chi connectivity index (χ2v) is 4.59. The van der Waals surface area contributed by atoms with Crippen LogP contribution >= 0.6 is 0 Å². The molecule has 2 aromatic heterocycles. The number of rotatable bonds is 4. The number of pyridine rings is 1. The Hall–Kier alpha value is -2.56. The molecule has 2 heterocycles. The van der Waals surface area contributed by atoms with Gasteiger partial charge < -0.3 is 9.73 Å². The number of nitrogens with one attached hydrogen (secondary N) is 1. The molecule has 0 atom stereocenters. The van der Waals surface area contributed by atoms with E-state index in [1.54, 1.807) is 22.9 Å². The van der Waals surface area contributed by atoms with Gasteiger partial charge in [0.2, 0.25) is 0 Å². The normalized spacial score (nSPS) is 10.8. The summed E-state index contributed by atoms with van der Waals surface area (Å²) >= 11 is 0. The Balaban J connectivity index is 1.76. The van der Waals surface area contributed by atoms with E-state index in [1.807, 2.05) is 31.2 Å². The van der Waals surface area contributed by atoms with Crippen LogP contribution in [-0.2, 0) is 6.54 Å². The van der Waals surface area contributed by atoms with E-state index in [4.69, 9.17) is 4.42 Å². The fraction of sp³-hybridized carbons (Fsp3) is 0.200. The van der Waals surface area contributed by atoms with Gasteiger partial charge in [0.05, 0.1) is 0 Å². The number of hydrogen-bond acceptors (Lipinski definition) is 4. The number of fused-ring (bicyclic) bond motifs is 1. The van der Waals surface area contributed by atoms with E-state index < -0.39 is 0 Å². The van der Waals surface area contributed by atoms with E-state index in [1.165, 1.54) is 5.56 Å². The third-order valence-electron chi connectivity index (χ3n) is 3.22. The van der Waals surface area contributed by atoms with Gasteiger partial charge in [-0.1, -0.05) is 18.2 Å². The van der Waals surface area contributed by atoms with E-state index in [0.29, 0.717) is 24.3 Å². The molecule has 20 heavy (non-hydrogen) atoms. The molecule has 0 spiro atoms. The van der Waals surface area contributed by atoms with Gasteiger partial charge in [-0.05, 0) is 30.7 Å². The summed E-state index contributed by atoms with van der Waals surface area (Å²) in [7, 11) is 0. The molecule has 5 heteroatoms. The van der Waals surface area contributed by atoms with Gasteiger partial charge >= 0.3 is 5.76 Å². The smallest absolute Gasteiger partial charge is 0.406 e. The summed E-state index contributed by atoms with van der Waals surface area (Å²) in [5.41, 5.74) is 3.36. The molecule has 0 amide bonds. The van der Waals surface area contributed by atoms with Crippen molar-refractivity contribution in [2.24, 2.45) is 0 Å². The standard InChI is InChI=1S/C15H15N3O2/c1-11-5-2-3-6-12(11)16-9-10-18-14-13(20-15(18)19)7-4-8-17-14/h2-8,16H,9-10H2,1H3. The average Bonchev–Trinajstić information content (AvgIpc) is 2.77. The zero-order chi connectivity index (χ0) is 13.9. The quantitative estimate of drug-likeness (QED) is 0.790. The fourth-order valence-electron chi connectivity index (χ4n) is 2.17. The number of anilines is 1. The lowest BCUT2D eigenvalue weighted by molar-refractivity contribution is 0.509. The van der Waals surface area contributed by atoms with Crippen LogP contribution in [0.5, 0.6) is 0 Å². The van der Waals surface area contributed by atoms with Crippen molar-refractivity contribution in [3.63, 3.8) is 0 Å². The Labute approximate surface area is 115 Å². The molecule has 0 unspecified atom stereocenters. The summed E-state index contributed by atoms with van der Waals surface area (Å²) in [5, 5.41) is 3.31. The zero-order valence-electron chi connectivity index (χ0n) is 11.2. The highest BCUT2D eigenvalue weighted by atomic mass is 16.4. The maximum atomic E-state index is 11.8. The molecule has 102 valence electrons. The molecule has 0 aliphatic rings. The molecule has 3 rings (SSSR count). The first-order chi connectivity index (χ1) is 9.75. The maximum absolute atomic E-state index is 11.8. The molecule has 5 nitrogen and oxygen atoms in total. The Morgan fingerprint density at radius 1 is 1.25 bits per heavy atom. The van der Waals surface area contributed by atoms with Gasteiger partial charge in [0.15, 0.2) is 11.2 Å². The minimum absolute atomic E-state index is 0.370. The summed E-state index contributed by atoms with van der Waals surface area (Å²) in [4.78, 5) is 16.0. The Morgan fingerprint density at radius 3 is 2.95 bits per heavy atom. The predicted octanol–water partition coefficient (Wildman–Crippen LogP) is 2.41. The van der Waals surface area contributed by atoms with Crippen LogP contribution < -0.4 is 11.1 Å². The first-order valence-corrected chi connectivity index (χ1v) is 6.49. The van der Waals surface area contributed by atoms with Crippen LogP contribution in [0, 0.1) is 6.92 Å². The summed E-state index contributed by atoms with van der Waals surface area (Å²) in [5.74, 6) is -0.370. The van der Waals surface area contributed by atoms with Gasteiger partial charge in [-0.25, -0.2) is 9.78 Å². The van der Waals surface area contributed by atoms with Crippen molar-refractivity contribution >= 4 is 16.9 Å². The summed E-state index contributed by atoms with van der Waals surface area (Å²) < 4.78 is 6.68. The second-order valence-electron chi connectivity index (χ2n) is 4.59. The molecule has 0 aliphatic carbocycles. The van der Waals surface area contributed by atoms with E-state index in [9.17, 15) is 4.79 Å². The summed E-state index contributed by atoms with van der Waals surface area (Å²) in [6.07, 6.45) is 1.66. The molecule has 0 saturated carbocycles. The molecule has 0 aliphatic heterocycles. The summed E-state index contributed by atoms with van der Waals surface area (Å²) in [6.45, 7) is 3.19. The van der Waals surface area contributed by atoms with Crippen LogP contribution in [0.25, 0.3) is 11.2 Å². The predicted molar refractivity (Wildman–Crippen MR) is 77.9 cm³/mol. The highest BCUT2D eigenvalue weighted by molar-refractivity contribution is 5.67. The van der Waals surface area contributed by atoms with Crippen LogP contribution in [0.4, 0.5) is 5.69 Å². The number of hydrogen-bond donors (Lipinski definition) is 1. The van der Waals surface area contributed by atoms with Gasteiger partial charge in [-0.15, -0.1) is 0 Å². The largest absolute Gasteiger partial charge is 0.421 e. The van der Waals surface area contributed by atoms with Crippen LogP contribution in [-0.4, -0.2) is 16.1 Å². The molecule has 1 N–H and O–H groups in total. The SMILES string of the molecule is Cc1ccccc1NCCn1c(=O)oc2cccnc21. The van der Waals surface area contributed by atoms with Crippen LogP contribution in [0.3, 0.4) is 0 Å². The van der Waals surface area contributed by atoms with Crippen molar-refractivity contribution in [1.82, 2.24) is 9.55 Å². The summed E-state index contributed by atoms with van der Waals surface area (Å²) in [6, 6.07) is 11.5. The zero-order valence-corrected chi connectivity index (χ0v) is 11.2. The number of aromatic nitrogens is 2. The first kappa shape index (κ1) is 12.5. The van der Waals surface area contributed by atoms with E-state index in [0.717, 1.165) is 5.69 Å². The van der Waals surface area contributed by atoms with Crippen LogP contribution in [0.1, 0.15) is 5.56 Å². The van der Waals surface area contributed by atoms with Crippen LogP contribution in [0.2, 0.25) is 0 Å². The highest BCUT2D eigenvalue weighted by Gasteiger charge is 2.09. The molecule has 0 saturated heterocycles. The third kappa shape index (κ3) is 2.30. The third-order valence-corrected chi connectivity index (χ3v) is 3.22. The van der Waals surface area contributed by atoms with Crippen molar-refractivity contribution in [2.75, 3.05) is 11.9 Å². The Kier molecular flexibility index (Phi) is 3.25. The Morgan fingerprint density at radius 2 is 2.10 bits per heavy atom.